The molecule has 1 amide bonds. The van der Waals surface area contributed by atoms with E-state index >= 15 is 0 Å². The third-order valence-corrected chi connectivity index (χ3v) is 4.36. The van der Waals surface area contributed by atoms with Crippen molar-refractivity contribution in [1.29, 1.82) is 0 Å². The average Bonchev–Trinajstić information content (AvgIpc) is 2.64. The lowest BCUT2D eigenvalue weighted by Crippen LogP contribution is -2.34. The SMILES string of the molecule is CC(O)CNC(=O)c1cn2ccn(Cc3cccc(Cl)c3)c(=O)c2c(O)c1=O. The molecular weight excluding hydrogens is 386 g/mol. The number of pyridine rings is 1. The molecular formula is C19H18ClN3O5. The fourth-order valence-corrected chi connectivity index (χ4v) is 2.97. The highest BCUT2D eigenvalue weighted by Gasteiger charge is 2.19. The van der Waals surface area contributed by atoms with E-state index in [9.17, 15) is 24.6 Å². The molecule has 0 fully saturated rings. The maximum Gasteiger partial charge on any atom is 0.279 e. The Bertz CT molecular complexity index is 1170. The van der Waals surface area contributed by atoms with Crippen LogP contribution in [0.15, 0.2) is 52.4 Å². The molecule has 1 unspecified atom stereocenters. The molecule has 0 saturated heterocycles. The number of hydrogen-bond acceptors (Lipinski definition) is 5. The maximum atomic E-state index is 12.8. The number of halogens is 1. The third kappa shape index (κ3) is 3.92. The van der Waals surface area contributed by atoms with E-state index in [4.69, 9.17) is 11.6 Å². The van der Waals surface area contributed by atoms with Crippen LogP contribution in [0.1, 0.15) is 22.8 Å². The zero-order valence-corrected chi connectivity index (χ0v) is 15.7. The average molecular weight is 404 g/mol. The van der Waals surface area contributed by atoms with Gasteiger partial charge in [0.2, 0.25) is 5.43 Å². The molecule has 8 nitrogen and oxygen atoms in total. The van der Waals surface area contributed by atoms with Crippen LogP contribution >= 0.6 is 11.6 Å². The van der Waals surface area contributed by atoms with Crippen LogP contribution < -0.4 is 16.3 Å². The van der Waals surface area contributed by atoms with Crippen LogP contribution in [0.25, 0.3) is 5.52 Å². The van der Waals surface area contributed by atoms with Gasteiger partial charge >= 0.3 is 0 Å². The van der Waals surface area contributed by atoms with Crippen molar-refractivity contribution >= 4 is 23.0 Å². The number of aromatic nitrogens is 2. The molecule has 2 aromatic heterocycles. The van der Waals surface area contributed by atoms with Gasteiger partial charge in [-0.3, -0.25) is 14.4 Å². The lowest BCUT2D eigenvalue weighted by Gasteiger charge is -2.12. The summed E-state index contributed by atoms with van der Waals surface area (Å²) in [5.41, 5.74) is -1.34. The molecule has 0 radical (unpaired) electrons. The Balaban J connectivity index is 2.05. The van der Waals surface area contributed by atoms with Crippen molar-refractivity contribution in [2.45, 2.75) is 19.6 Å². The van der Waals surface area contributed by atoms with Gasteiger partial charge in [-0.15, -0.1) is 0 Å². The van der Waals surface area contributed by atoms with Crippen molar-refractivity contribution in [2.24, 2.45) is 0 Å². The summed E-state index contributed by atoms with van der Waals surface area (Å²) in [6, 6.07) is 6.97. The van der Waals surface area contributed by atoms with Crippen LogP contribution in [0.3, 0.4) is 0 Å². The highest BCUT2D eigenvalue weighted by Crippen LogP contribution is 2.14. The summed E-state index contributed by atoms with van der Waals surface area (Å²) in [6.45, 7) is 1.62. The van der Waals surface area contributed by atoms with E-state index in [2.05, 4.69) is 5.32 Å². The second-order valence-electron chi connectivity index (χ2n) is 6.40. The van der Waals surface area contributed by atoms with E-state index < -0.39 is 28.7 Å². The molecule has 0 spiro atoms. The van der Waals surface area contributed by atoms with Gasteiger partial charge in [0, 0.05) is 30.2 Å². The Morgan fingerprint density at radius 1 is 1.29 bits per heavy atom. The number of aliphatic hydroxyl groups is 1. The molecule has 0 aliphatic carbocycles. The van der Waals surface area contributed by atoms with Gasteiger partial charge in [-0.05, 0) is 24.6 Å². The van der Waals surface area contributed by atoms with E-state index in [1.54, 1.807) is 24.3 Å². The van der Waals surface area contributed by atoms with Crippen molar-refractivity contribution < 1.29 is 15.0 Å². The molecule has 3 rings (SSSR count). The lowest BCUT2D eigenvalue weighted by atomic mass is 10.2. The Hall–Kier alpha value is -3.10. The molecule has 0 aliphatic rings. The van der Waals surface area contributed by atoms with Crippen LogP contribution in [0.2, 0.25) is 5.02 Å². The van der Waals surface area contributed by atoms with Crippen molar-refractivity contribution in [3.8, 4) is 5.75 Å². The number of aromatic hydroxyl groups is 1. The second kappa shape index (κ2) is 7.87. The summed E-state index contributed by atoms with van der Waals surface area (Å²) in [4.78, 5) is 37.3. The summed E-state index contributed by atoms with van der Waals surface area (Å²) in [5.74, 6) is -1.56. The lowest BCUT2D eigenvalue weighted by molar-refractivity contribution is 0.0922. The summed E-state index contributed by atoms with van der Waals surface area (Å²) in [5, 5.41) is 22.4. The number of aliphatic hydroxyl groups excluding tert-OH is 1. The predicted molar refractivity (Wildman–Crippen MR) is 104 cm³/mol. The van der Waals surface area contributed by atoms with E-state index in [0.29, 0.717) is 5.02 Å². The number of carbonyl (C=O) groups is 1. The second-order valence-corrected chi connectivity index (χ2v) is 6.83. The molecule has 1 aromatic carbocycles. The van der Waals surface area contributed by atoms with Crippen LogP contribution in [0.4, 0.5) is 0 Å². The monoisotopic (exact) mass is 403 g/mol. The van der Waals surface area contributed by atoms with Gasteiger partial charge < -0.3 is 24.5 Å². The molecule has 28 heavy (non-hydrogen) atoms. The molecule has 1 atom stereocenters. The van der Waals surface area contributed by atoms with Gasteiger partial charge in [-0.25, -0.2) is 0 Å². The first kappa shape index (κ1) is 19.7. The quantitative estimate of drug-likeness (QED) is 0.587. The Kier molecular flexibility index (Phi) is 5.53. The first-order valence-electron chi connectivity index (χ1n) is 8.46. The Labute approximate surface area is 164 Å². The first-order chi connectivity index (χ1) is 13.3. The van der Waals surface area contributed by atoms with Crippen molar-refractivity contribution in [1.82, 2.24) is 14.3 Å². The summed E-state index contributed by atoms with van der Waals surface area (Å²) in [6.07, 6.45) is 3.34. The number of amides is 1. The largest absolute Gasteiger partial charge is 0.503 e. The van der Waals surface area contributed by atoms with E-state index in [1.165, 1.54) is 34.5 Å². The third-order valence-electron chi connectivity index (χ3n) is 4.13. The highest BCUT2D eigenvalue weighted by atomic mass is 35.5. The van der Waals surface area contributed by atoms with E-state index in [-0.39, 0.29) is 24.2 Å². The predicted octanol–water partition coefficient (Wildman–Crippen LogP) is 0.979. The number of nitrogens with zero attached hydrogens (tertiary/aromatic N) is 2. The summed E-state index contributed by atoms with van der Waals surface area (Å²) in [7, 11) is 0. The molecule has 146 valence electrons. The number of carbonyl (C=O) groups excluding carboxylic acids is 1. The molecule has 0 saturated carbocycles. The zero-order valence-electron chi connectivity index (χ0n) is 14.9. The van der Waals surface area contributed by atoms with E-state index in [1.807, 2.05) is 0 Å². The molecule has 9 heteroatoms. The normalized spacial score (nSPS) is 12.1. The van der Waals surface area contributed by atoms with Gasteiger partial charge in [-0.2, -0.15) is 0 Å². The minimum absolute atomic E-state index is 0.0526. The first-order valence-corrected chi connectivity index (χ1v) is 8.84. The maximum absolute atomic E-state index is 12.8. The number of fused-ring (bicyclic) bond motifs is 1. The van der Waals surface area contributed by atoms with Gasteiger partial charge in [-0.1, -0.05) is 23.7 Å². The van der Waals surface area contributed by atoms with Gasteiger partial charge in [0.05, 0.1) is 12.6 Å². The van der Waals surface area contributed by atoms with Crippen LogP contribution in [-0.2, 0) is 6.54 Å². The van der Waals surface area contributed by atoms with Crippen molar-refractivity contribution in [3.63, 3.8) is 0 Å². The van der Waals surface area contributed by atoms with Crippen LogP contribution in [0.5, 0.6) is 5.75 Å². The van der Waals surface area contributed by atoms with E-state index in [0.717, 1.165) is 5.56 Å². The number of hydrogen-bond donors (Lipinski definition) is 3. The number of nitrogens with one attached hydrogen (secondary N) is 1. The van der Waals surface area contributed by atoms with Gasteiger partial charge in [0.1, 0.15) is 5.56 Å². The number of benzene rings is 1. The van der Waals surface area contributed by atoms with Crippen LogP contribution in [-0.4, -0.2) is 37.7 Å². The van der Waals surface area contributed by atoms with Gasteiger partial charge in [0.15, 0.2) is 11.3 Å². The standard InChI is InChI=1S/C19H18ClN3O5/c1-11(24)8-21-18(27)14-10-22-5-6-23(9-12-3-2-4-13(20)7-12)19(28)15(22)17(26)16(14)25/h2-7,10-11,24,26H,8-9H2,1H3,(H,21,27). The molecule has 2 heterocycles. The molecule has 3 N–H and O–H groups in total. The Morgan fingerprint density at radius 3 is 2.71 bits per heavy atom. The minimum atomic E-state index is -0.958. The van der Waals surface area contributed by atoms with Gasteiger partial charge in [0.25, 0.3) is 11.5 Å². The molecule has 3 aromatic rings. The fraction of sp³-hybridized carbons (Fsp3) is 0.211. The smallest absolute Gasteiger partial charge is 0.279 e. The molecule has 0 bridgehead atoms. The number of rotatable bonds is 5. The topological polar surface area (TPSA) is 113 Å². The van der Waals surface area contributed by atoms with Crippen molar-refractivity contribution in [3.05, 3.63) is 79.6 Å². The summed E-state index contributed by atoms with van der Waals surface area (Å²) < 4.78 is 2.55. The summed E-state index contributed by atoms with van der Waals surface area (Å²) >= 11 is 5.96. The van der Waals surface area contributed by atoms with Crippen molar-refractivity contribution in [2.75, 3.05) is 6.54 Å². The van der Waals surface area contributed by atoms with Crippen LogP contribution in [0, 0.1) is 0 Å². The zero-order chi connectivity index (χ0) is 20.4. The minimum Gasteiger partial charge on any atom is -0.503 e. The highest BCUT2D eigenvalue weighted by molar-refractivity contribution is 6.30. The Morgan fingerprint density at radius 2 is 2.04 bits per heavy atom. The fourth-order valence-electron chi connectivity index (χ4n) is 2.76. The molecule has 0 aliphatic heterocycles.